The largest absolute Gasteiger partial charge is 0.382 e. The highest BCUT2D eigenvalue weighted by atomic mass is 127. The van der Waals surface area contributed by atoms with Gasteiger partial charge in [0, 0.05) is 32.7 Å². The summed E-state index contributed by atoms with van der Waals surface area (Å²) >= 11 is 0. The van der Waals surface area contributed by atoms with E-state index >= 15 is 0 Å². The third-order valence-corrected chi connectivity index (χ3v) is 4.31. The van der Waals surface area contributed by atoms with Crippen molar-refractivity contribution in [2.24, 2.45) is 10.9 Å². The zero-order valence-electron chi connectivity index (χ0n) is 16.6. The molecule has 1 aromatic rings. The number of hydrogen-bond acceptors (Lipinski definition) is 4. The number of halogens is 1. The van der Waals surface area contributed by atoms with Crippen LogP contribution in [-0.4, -0.2) is 70.6 Å². The minimum Gasteiger partial charge on any atom is -0.382 e. The summed E-state index contributed by atoms with van der Waals surface area (Å²) in [6.07, 6.45) is 1.14. The summed E-state index contributed by atoms with van der Waals surface area (Å²) in [5.41, 5.74) is 1.19. The van der Waals surface area contributed by atoms with Crippen molar-refractivity contribution in [2.75, 3.05) is 59.7 Å². The van der Waals surface area contributed by atoms with Crippen LogP contribution in [0.4, 0.5) is 0 Å². The van der Waals surface area contributed by atoms with Crippen LogP contribution in [0.5, 0.6) is 0 Å². The topological polar surface area (TPSA) is 55.3 Å². The Morgan fingerprint density at radius 3 is 2.74 bits per heavy atom. The standard InChI is InChI=1S/C20H33N3O3.HI/c1-3-21-20(22-10-12-25-16-18-7-5-4-6-8-18)23-11-9-19(15-23)17-26-14-13-24-2;/h4-8,19H,3,9-17H2,1-2H3,(H,21,22);1H. The molecule has 27 heavy (non-hydrogen) atoms. The zero-order valence-corrected chi connectivity index (χ0v) is 18.9. The van der Waals surface area contributed by atoms with Crippen LogP contribution in [0.2, 0.25) is 0 Å². The van der Waals surface area contributed by atoms with Gasteiger partial charge in [-0.15, -0.1) is 24.0 Å². The highest BCUT2D eigenvalue weighted by Gasteiger charge is 2.24. The molecular formula is C20H34IN3O3. The first-order valence-corrected chi connectivity index (χ1v) is 9.55. The van der Waals surface area contributed by atoms with Gasteiger partial charge in [0.05, 0.1) is 39.6 Å². The van der Waals surface area contributed by atoms with Gasteiger partial charge in [0.15, 0.2) is 5.96 Å². The second-order valence-electron chi connectivity index (χ2n) is 6.44. The number of benzene rings is 1. The van der Waals surface area contributed by atoms with Crippen LogP contribution < -0.4 is 5.32 Å². The van der Waals surface area contributed by atoms with E-state index in [1.54, 1.807) is 7.11 Å². The minimum absolute atomic E-state index is 0. The Morgan fingerprint density at radius 1 is 1.19 bits per heavy atom. The molecule has 1 saturated heterocycles. The van der Waals surface area contributed by atoms with E-state index in [9.17, 15) is 0 Å². The van der Waals surface area contributed by atoms with E-state index < -0.39 is 0 Å². The lowest BCUT2D eigenvalue weighted by Gasteiger charge is -2.21. The summed E-state index contributed by atoms with van der Waals surface area (Å²) in [7, 11) is 1.70. The van der Waals surface area contributed by atoms with Crippen molar-refractivity contribution in [2.45, 2.75) is 20.0 Å². The smallest absolute Gasteiger partial charge is 0.194 e. The molecule has 1 aliphatic rings. The number of hydrogen-bond donors (Lipinski definition) is 1. The molecule has 1 heterocycles. The summed E-state index contributed by atoms with van der Waals surface area (Å²) in [6, 6.07) is 10.2. The fraction of sp³-hybridized carbons (Fsp3) is 0.650. The Labute approximate surface area is 180 Å². The molecule has 6 nitrogen and oxygen atoms in total. The molecule has 0 saturated carbocycles. The third kappa shape index (κ3) is 9.73. The van der Waals surface area contributed by atoms with Gasteiger partial charge in [0.1, 0.15) is 0 Å². The Bertz CT molecular complexity index is 516. The second kappa shape index (κ2) is 15.1. The van der Waals surface area contributed by atoms with Crippen LogP contribution in [0.15, 0.2) is 35.3 Å². The molecule has 1 fully saturated rings. The Hall–Kier alpha value is -0.900. The summed E-state index contributed by atoms with van der Waals surface area (Å²) in [5, 5.41) is 3.39. The fourth-order valence-corrected chi connectivity index (χ4v) is 2.96. The molecule has 2 rings (SSSR count). The Kier molecular flexibility index (Phi) is 13.5. The zero-order chi connectivity index (χ0) is 18.5. The van der Waals surface area contributed by atoms with Crippen LogP contribution in [0, 0.1) is 5.92 Å². The summed E-state index contributed by atoms with van der Waals surface area (Å²) < 4.78 is 16.4. The molecule has 1 N–H and O–H groups in total. The monoisotopic (exact) mass is 491 g/mol. The van der Waals surface area contributed by atoms with Crippen molar-refractivity contribution in [3.8, 4) is 0 Å². The van der Waals surface area contributed by atoms with Crippen molar-refractivity contribution in [3.05, 3.63) is 35.9 Å². The molecule has 0 radical (unpaired) electrons. The van der Waals surface area contributed by atoms with Gasteiger partial charge >= 0.3 is 0 Å². The molecule has 0 bridgehead atoms. The normalized spacial score (nSPS) is 17.0. The van der Waals surface area contributed by atoms with Gasteiger partial charge in [-0.25, -0.2) is 0 Å². The van der Waals surface area contributed by atoms with Gasteiger partial charge < -0.3 is 24.4 Å². The second-order valence-corrected chi connectivity index (χ2v) is 6.44. The van der Waals surface area contributed by atoms with E-state index in [0.717, 1.165) is 38.6 Å². The maximum atomic E-state index is 5.72. The van der Waals surface area contributed by atoms with Crippen molar-refractivity contribution in [3.63, 3.8) is 0 Å². The van der Waals surface area contributed by atoms with E-state index in [1.807, 2.05) is 18.2 Å². The number of methoxy groups -OCH3 is 1. The summed E-state index contributed by atoms with van der Waals surface area (Å²) in [5.74, 6) is 1.54. The highest BCUT2D eigenvalue weighted by molar-refractivity contribution is 14.0. The quantitative estimate of drug-likeness (QED) is 0.223. The molecule has 0 spiro atoms. The number of ether oxygens (including phenoxy) is 3. The van der Waals surface area contributed by atoms with Gasteiger partial charge in [-0.05, 0) is 18.9 Å². The fourth-order valence-electron chi connectivity index (χ4n) is 2.96. The number of aliphatic imine (C=N–C) groups is 1. The Morgan fingerprint density at radius 2 is 2.00 bits per heavy atom. The number of rotatable bonds is 11. The maximum Gasteiger partial charge on any atom is 0.194 e. The maximum absolute atomic E-state index is 5.72. The number of guanidine groups is 1. The molecule has 154 valence electrons. The molecule has 0 amide bonds. The van der Waals surface area contributed by atoms with E-state index in [2.05, 4.69) is 29.3 Å². The third-order valence-electron chi connectivity index (χ3n) is 4.31. The molecular weight excluding hydrogens is 457 g/mol. The van der Waals surface area contributed by atoms with Gasteiger partial charge in [-0.2, -0.15) is 0 Å². The summed E-state index contributed by atoms with van der Waals surface area (Å²) in [6.45, 7) is 9.03. The average molecular weight is 491 g/mol. The number of nitrogens with one attached hydrogen (secondary N) is 1. The highest BCUT2D eigenvalue weighted by Crippen LogP contribution is 2.16. The van der Waals surface area contributed by atoms with Crippen molar-refractivity contribution >= 4 is 29.9 Å². The van der Waals surface area contributed by atoms with Crippen LogP contribution in [0.3, 0.4) is 0 Å². The first-order chi connectivity index (χ1) is 12.8. The molecule has 0 aromatic heterocycles. The van der Waals surface area contributed by atoms with E-state index in [1.165, 1.54) is 5.56 Å². The van der Waals surface area contributed by atoms with Crippen LogP contribution >= 0.6 is 24.0 Å². The van der Waals surface area contributed by atoms with Gasteiger partial charge in [0.25, 0.3) is 0 Å². The van der Waals surface area contributed by atoms with E-state index in [-0.39, 0.29) is 24.0 Å². The lowest BCUT2D eigenvalue weighted by atomic mass is 10.1. The van der Waals surface area contributed by atoms with E-state index in [4.69, 9.17) is 19.2 Å². The van der Waals surface area contributed by atoms with E-state index in [0.29, 0.717) is 38.9 Å². The lowest BCUT2D eigenvalue weighted by molar-refractivity contribution is 0.0536. The summed E-state index contributed by atoms with van der Waals surface area (Å²) in [4.78, 5) is 7.04. The van der Waals surface area contributed by atoms with Crippen molar-refractivity contribution < 1.29 is 14.2 Å². The molecule has 0 aliphatic carbocycles. The number of nitrogens with zero attached hydrogens (tertiary/aromatic N) is 2. The van der Waals surface area contributed by atoms with Gasteiger partial charge in [-0.1, -0.05) is 30.3 Å². The molecule has 1 atom stereocenters. The molecule has 1 aliphatic heterocycles. The van der Waals surface area contributed by atoms with Gasteiger partial charge in [0.2, 0.25) is 0 Å². The molecule has 1 unspecified atom stereocenters. The SMILES string of the molecule is CCNC(=NCCOCc1ccccc1)N1CCC(COCCOC)C1.I. The molecule has 1 aromatic carbocycles. The predicted octanol–water partition coefficient (Wildman–Crippen LogP) is 2.77. The Balaban J connectivity index is 0.00000364. The molecule has 7 heteroatoms. The van der Waals surface area contributed by atoms with Crippen LogP contribution in [0.25, 0.3) is 0 Å². The first kappa shape index (κ1) is 24.1. The minimum atomic E-state index is 0. The van der Waals surface area contributed by atoms with Gasteiger partial charge in [-0.3, -0.25) is 4.99 Å². The first-order valence-electron chi connectivity index (χ1n) is 9.55. The van der Waals surface area contributed by atoms with Crippen molar-refractivity contribution in [1.29, 1.82) is 0 Å². The lowest BCUT2D eigenvalue weighted by Crippen LogP contribution is -2.40. The predicted molar refractivity (Wildman–Crippen MR) is 120 cm³/mol. The average Bonchev–Trinajstić information content (AvgIpc) is 3.14. The number of likely N-dealkylation sites (tertiary alicyclic amines) is 1. The van der Waals surface area contributed by atoms with Crippen LogP contribution in [0.1, 0.15) is 18.9 Å². The van der Waals surface area contributed by atoms with Crippen molar-refractivity contribution in [1.82, 2.24) is 10.2 Å². The van der Waals surface area contributed by atoms with Crippen LogP contribution in [-0.2, 0) is 20.8 Å².